The van der Waals surface area contributed by atoms with Crippen LogP contribution in [-0.2, 0) is 9.59 Å². The van der Waals surface area contributed by atoms with E-state index in [-0.39, 0.29) is 24.3 Å². The molecule has 1 fully saturated rings. The Kier molecular flexibility index (Phi) is 6.28. The standard InChI is InChI=1S/C17H24ClN3O2/c1-3-13(2)17(23)19-12-16(22)21-10-8-20(9-11-21)15-7-5-4-6-14(15)18/h4-7,13H,3,8-12H2,1-2H3,(H,19,23)/t13-/m0/s1. The van der Waals surface area contributed by atoms with E-state index in [4.69, 9.17) is 11.6 Å². The minimum absolute atomic E-state index is 0.0274. The monoisotopic (exact) mass is 337 g/mol. The van der Waals surface area contributed by atoms with E-state index in [0.717, 1.165) is 30.2 Å². The molecule has 1 atom stereocenters. The van der Waals surface area contributed by atoms with Gasteiger partial charge in [0.15, 0.2) is 0 Å². The molecule has 1 heterocycles. The maximum Gasteiger partial charge on any atom is 0.242 e. The van der Waals surface area contributed by atoms with Gasteiger partial charge in [0.2, 0.25) is 11.8 Å². The van der Waals surface area contributed by atoms with Gasteiger partial charge in [-0.05, 0) is 18.6 Å². The molecule has 5 nitrogen and oxygen atoms in total. The van der Waals surface area contributed by atoms with Crippen LogP contribution in [0.4, 0.5) is 5.69 Å². The molecule has 1 aliphatic heterocycles. The number of amides is 2. The summed E-state index contributed by atoms with van der Waals surface area (Å²) in [5.41, 5.74) is 1.01. The van der Waals surface area contributed by atoms with E-state index in [1.54, 1.807) is 4.90 Å². The highest BCUT2D eigenvalue weighted by Gasteiger charge is 2.22. The van der Waals surface area contributed by atoms with E-state index in [1.165, 1.54) is 0 Å². The molecule has 2 rings (SSSR count). The maximum atomic E-state index is 12.2. The number of carbonyl (C=O) groups excluding carboxylic acids is 2. The minimum atomic E-state index is -0.0597. The van der Waals surface area contributed by atoms with Gasteiger partial charge in [-0.15, -0.1) is 0 Å². The van der Waals surface area contributed by atoms with Crippen LogP contribution in [0.5, 0.6) is 0 Å². The van der Waals surface area contributed by atoms with Crippen molar-refractivity contribution in [1.82, 2.24) is 10.2 Å². The van der Waals surface area contributed by atoms with E-state index in [0.29, 0.717) is 13.1 Å². The van der Waals surface area contributed by atoms with Crippen molar-refractivity contribution in [3.05, 3.63) is 29.3 Å². The van der Waals surface area contributed by atoms with Gasteiger partial charge in [0.1, 0.15) is 0 Å². The fourth-order valence-electron chi connectivity index (χ4n) is 2.54. The number of benzene rings is 1. The van der Waals surface area contributed by atoms with Gasteiger partial charge >= 0.3 is 0 Å². The first-order valence-corrected chi connectivity index (χ1v) is 8.45. The molecule has 126 valence electrons. The number of carbonyl (C=O) groups is 2. The summed E-state index contributed by atoms with van der Waals surface area (Å²) in [7, 11) is 0. The maximum absolute atomic E-state index is 12.2. The average molecular weight is 338 g/mol. The van der Waals surface area contributed by atoms with Crippen LogP contribution in [0.2, 0.25) is 5.02 Å². The highest BCUT2D eigenvalue weighted by atomic mass is 35.5. The van der Waals surface area contributed by atoms with Crippen LogP contribution in [0.3, 0.4) is 0 Å². The molecule has 1 aromatic carbocycles. The zero-order chi connectivity index (χ0) is 16.8. The number of piperazine rings is 1. The fourth-order valence-corrected chi connectivity index (χ4v) is 2.79. The molecule has 0 saturated carbocycles. The van der Waals surface area contributed by atoms with Gasteiger partial charge in [0.25, 0.3) is 0 Å². The van der Waals surface area contributed by atoms with Crippen LogP contribution in [-0.4, -0.2) is 49.4 Å². The third kappa shape index (κ3) is 4.61. The van der Waals surface area contributed by atoms with Gasteiger partial charge in [-0.1, -0.05) is 37.6 Å². The van der Waals surface area contributed by atoms with Crippen molar-refractivity contribution < 1.29 is 9.59 Å². The molecular weight excluding hydrogens is 314 g/mol. The zero-order valence-electron chi connectivity index (χ0n) is 13.7. The third-order valence-electron chi connectivity index (χ3n) is 4.30. The highest BCUT2D eigenvalue weighted by Crippen LogP contribution is 2.25. The lowest BCUT2D eigenvalue weighted by Gasteiger charge is -2.36. The molecule has 6 heteroatoms. The predicted octanol–water partition coefficient (Wildman–Crippen LogP) is 2.15. The van der Waals surface area contributed by atoms with Crippen molar-refractivity contribution in [3.63, 3.8) is 0 Å². The van der Waals surface area contributed by atoms with Gasteiger partial charge < -0.3 is 15.1 Å². The van der Waals surface area contributed by atoms with E-state index < -0.39 is 0 Å². The quantitative estimate of drug-likeness (QED) is 0.895. The summed E-state index contributed by atoms with van der Waals surface area (Å²) in [4.78, 5) is 27.9. The number of hydrogen-bond acceptors (Lipinski definition) is 3. The molecule has 1 aromatic rings. The second-order valence-electron chi connectivity index (χ2n) is 5.85. The molecule has 23 heavy (non-hydrogen) atoms. The van der Waals surface area contributed by atoms with Crippen LogP contribution >= 0.6 is 11.6 Å². The number of nitrogens with one attached hydrogen (secondary N) is 1. The van der Waals surface area contributed by atoms with Crippen LogP contribution in [0.1, 0.15) is 20.3 Å². The second-order valence-corrected chi connectivity index (χ2v) is 6.25. The number of para-hydroxylation sites is 1. The highest BCUT2D eigenvalue weighted by molar-refractivity contribution is 6.33. The number of rotatable bonds is 5. The number of hydrogen-bond donors (Lipinski definition) is 1. The third-order valence-corrected chi connectivity index (χ3v) is 4.62. The predicted molar refractivity (Wildman–Crippen MR) is 92.7 cm³/mol. The average Bonchev–Trinajstić information content (AvgIpc) is 2.59. The van der Waals surface area contributed by atoms with E-state index in [2.05, 4.69) is 10.2 Å². The molecule has 0 spiro atoms. The van der Waals surface area contributed by atoms with Gasteiger partial charge in [0.05, 0.1) is 17.3 Å². The first-order chi connectivity index (χ1) is 11.0. The number of halogens is 1. The minimum Gasteiger partial charge on any atom is -0.367 e. The van der Waals surface area contributed by atoms with Gasteiger partial charge in [0, 0.05) is 32.1 Å². The molecule has 2 amide bonds. The Morgan fingerprint density at radius 3 is 2.48 bits per heavy atom. The normalized spacial score (nSPS) is 16.1. The smallest absolute Gasteiger partial charge is 0.242 e. The first kappa shape index (κ1) is 17.6. The molecule has 1 N–H and O–H groups in total. The van der Waals surface area contributed by atoms with Crippen LogP contribution in [0.15, 0.2) is 24.3 Å². The molecule has 0 aromatic heterocycles. The Labute approximate surface area is 142 Å². The summed E-state index contributed by atoms with van der Waals surface area (Å²) in [6.07, 6.45) is 0.774. The number of anilines is 1. The van der Waals surface area contributed by atoms with Crippen molar-refractivity contribution in [3.8, 4) is 0 Å². The van der Waals surface area contributed by atoms with Crippen molar-refractivity contribution in [2.24, 2.45) is 5.92 Å². The largest absolute Gasteiger partial charge is 0.367 e. The SMILES string of the molecule is CC[C@H](C)C(=O)NCC(=O)N1CCN(c2ccccc2Cl)CC1. The van der Waals surface area contributed by atoms with E-state index >= 15 is 0 Å². The summed E-state index contributed by atoms with van der Waals surface area (Å²) in [5, 5.41) is 3.45. The molecule has 0 unspecified atom stereocenters. The summed E-state index contributed by atoms with van der Waals surface area (Å²) in [6.45, 7) is 6.67. The summed E-state index contributed by atoms with van der Waals surface area (Å²) in [5.74, 6) is -0.143. The van der Waals surface area contributed by atoms with Crippen molar-refractivity contribution >= 4 is 29.1 Å². The Hall–Kier alpha value is -1.75. The van der Waals surface area contributed by atoms with Gasteiger partial charge in [-0.3, -0.25) is 9.59 Å². The topological polar surface area (TPSA) is 52.7 Å². The van der Waals surface area contributed by atoms with Crippen molar-refractivity contribution in [1.29, 1.82) is 0 Å². The summed E-state index contributed by atoms with van der Waals surface area (Å²) < 4.78 is 0. The van der Waals surface area contributed by atoms with Crippen molar-refractivity contribution in [2.75, 3.05) is 37.6 Å². The van der Waals surface area contributed by atoms with E-state index in [1.807, 2.05) is 38.1 Å². The van der Waals surface area contributed by atoms with Crippen LogP contribution < -0.4 is 10.2 Å². The zero-order valence-corrected chi connectivity index (χ0v) is 14.5. The van der Waals surface area contributed by atoms with E-state index in [9.17, 15) is 9.59 Å². The Bertz CT molecular complexity index is 557. The molecule has 1 aliphatic rings. The van der Waals surface area contributed by atoms with Crippen LogP contribution in [0, 0.1) is 5.92 Å². The molecule has 0 aliphatic carbocycles. The lowest BCUT2D eigenvalue weighted by atomic mass is 10.1. The Balaban J connectivity index is 1.81. The molecule has 0 bridgehead atoms. The van der Waals surface area contributed by atoms with Crippen LogP contribution in [0.25, 0.3) is 0 Å². The van der Waals surface area contributed by atoms with Gasteiger partial charge in [-0.2, -0.15) is 0 Å². The lowest BCUT2D eigenvalue weighted by molar-refractivity contribution is -0.134. The summed E-state index contributed by atoms with van der Waals surface area (Å²) in [6, 6.07) is 7.74. The number of nitrogens with zero attached hydrogens (tertiary/aromatic N) is 2. The first-order valence-electron chi connectivity index (χ1n) is 8.08. The fraction of sp³-hybridized carbons (Fsp3) is 0.529. The Morgan fingerprint density at radius 2 is 1.87 bits per heavy atom. The Morgan fingerprint density at radius 1 is 1.22 bits per heavy atom. The molecule has 0 radical (unpaired) electrons. The second kappa shape index (κ2) is 8.20. The summed E-state index contributed by atoms with van der Waals surface area (Å²) >= 11 is 6.21. The molecular formula is C17H24ClN3O2. The van der Waals surface area contributed by atoms with Crippen molar-refractivity contribution in [2.45, 2.75) is 20.3 Å². The van der Waals surface area contributed by atoms with Gasteiger partial charge in [-0.25, -0.2) is 0 Å². The molecule has 1 saturated heterocycles. The lowest BCUT2D eigenvalue weighted by Crippen LogP contribution is -2.51.